The van der Waals surface area contributed by atoms with Crippen molar-refractivity contribution in [3.8, 4) is 0 Å². The molecule has 0 bridgehead atoms. The molecule has 0 unspecified atom stereocenters. The molecule has 21 heavy (non-hydrogen) atoms. The summed E-state index contributed by atoms with van der Waals surface area (Å²) in [4.78, 5) is 22.8. The molecule has 0 atom stereocenters. The largest absolute Gasteiger partial charge is 0.481 e. The summed E-state index contributed by atoms with van der Waals surface area (Å²) in [6, 6.07) is 8.60. The summed E-state index contributed by atoms with van der Waals surface area (Å²) >= 11 is 0. The van der Waals surface area contributed by atoms with Crippen molar-refractivity contribution in [3.63, 3.8) is 0 Å². The Morgan fingerprint density at radius 2 is 2.10 bits per heavy atom. The van der Waals surface area contributed by atoms with E-state index >= 15 is 0 Å². The van der Waals surface area contributed by atoms with Gasteiger partial charge in [-0.3, -0.25) is 14.3 Å². The predicted octanol–water partition coefficient (Wildman–Crippen LogP) is 2.34. The molecule has 1 heterocycles. The Balaban J connectivity index is 2.09. The number of nitrogens with one attached hydrogen (secondary N) is 1. The van der Waals surface area contributed by atoms with E-state index in [1.807, 2.05) is 13.8 Å². The molecule has 0 aliphatic carbocycles. The molecule has 1 amide bonds. The van der Waals surface area contributed by atoms with Crippen LogP contribution in [-0.2, 0) is 11.2 Å². The van der Waals surface area contributed by atoms with Crippen LogP contribution >= 0.6 is 0 Å². The van der Waals surface area contributed by atoms with Crippen LogP contribution in [0, 0.1) is 0 Å². The second-order valence-electron chi connectivity index (χ2n) is 5.00. The fraction of sp³-hybridized carbons (Fsp3) is 0.267. The van der Waals surface area contributed by atoms with Crippen molar-refractivity contribution in [2.45, 2.75) is 26.3 Å². The number of aliphatic carboxylic acids is 1. The quantitative estimate of drug-likeness (QED) is 0.884. The number of carboxylic acid groups (broad SMARTS) is 1. The third kappa shape index (κ3) is 3.92. The molecule has 1 aromatic carbocycles. The molecule has 6 nitrogen and oxygen atoms in total. The Bertz CT molecular complexity index is 662. The maximum atomic E-state index is 12.1. The highest BCUT2D eigenvalue weighted by molar-refractivity contribution is 6.02. The maximum absolute atomic E-state index is 12.1. The first-order valence-corrected chi connectivity index (χ1v) is 6.63. The molecular formula is C15H17N3O3. The van der Waals surface area contributed by atoms with Gasteiger partial charge >= 0.3 is 5.97 Å². The maximum Gasteiger partial charge on any atom is 0.307 e. The van der Waals surface area contributed by atoms with Crippen molar-refractivity contribution in [3.05, 3.63) is 47.8 Å². The molecule has 0 saturated heterocycles. The summed E-state index contributed by atoms with van der Waals surface area (Å²) in [6.45, 7) is 3.95. The zero-order valence-corrected chi connectivity index (χ0v) is 11.9. The monoisotopic (exact) mass is 287 g/mol. The fourth-order valence-electron chi connectivity index (χ4n) is 1.88. The minimum Gasteiger partial charge on any atom is -0.481 e. The molecule has 2 N–H and O–H groups in total. The molecule has 1 aromatic heterocycles. The van der Waals surface area contributed by atoms with Gasteiger partial charge in [0.2, 0.25) is 0 Å². The minimum atomic E-state index is -0.908. The summed E-state index contributed by atoms with van der Waals surface area (Å²) in [7, 11) is 0. The number of rotatable bonds is 5. The predicted molar refractivity (Wildman–Crippen MR) is 78.3 cm³/mol. The number of amides is 1. The Labute approximate surface area is 122 Å². The first kappa shape index (κ1) is 14.8. The van der Waals surface area contributed by atoms with Gasteiger partial charge < -0.3 is 10.4 Å². The second kappa shape index (κ2) is 6.21. The van der Waals surface area contributed by atoms with Gasteiger partial charge in [0.25, 0.3) is 5.91 Å². The average molecular weight is 287 g/mol. The number of benzene rings is 1. The SMILES string of the molecule is CC(C)n1ccc(C(=O)Nc2cccc(CC(=O)O)c2)n1. The van der Waals surface area contributed by atoms with Gasteiger partial charge in [-0.25, -0.2) is 0 Å². The molecule has 0 radical (unpaired) electrons. The lowest BCUT2D eigenvalue weighted by Crippen LogP contribution is -2.14. The third-order valence-corrected chi connectivity index (χ3v) is 2.91. The topological polar surface area (TPSA) is 84.2 Å². The number of hydrogen-bond acceptors (Lipinski definition) is 3. The Kier molecular flexibility index (Phi) is 4.37. The number of carbonyl (C=O) groups excluding carboxylic acids is 1. The first-order chi connectivity index (χ1) is 9.95. The van der Waals surface area contributed by atoms with E-state index in [0.717, 1.165) is 0 Å². The zero-order valence-electron chi connectivity index (χ0n) is 11.9. The standard InChI is InChI=1S/C15H17N3O3/c1-10(2)18-7-6-13(17-18)15(21)16-12-5-3-4-11(8-12)9-14(19)20/h3-8,10H,9H2,1-2H3,(H,16,21)(H,19,20). The van der Waals surface area contributed by atoms with Crippen LogP contribution in [0.3, 0.4) is 0 Å². The van der Waals surface area contributed by atoms with Gasteiger partial charge in [0, 0.05) is 17.9 Å². The second-order valence-corrected chi connectivity index (χ2v) is 5.00. The van der Waals surface area contributed by atoms with Crippen molar-refractivity contribution in [2.24, 2.45) is 0 Å². The highest BCUT2D eigenvalue weighted by Crippen LogP contribution is 2.13. The van der Waals surface area contributed by atoms with Gasteiger partial charge in [-0.15, -0.1) is 0 Å². The molecule has 0 aliphatic heterocycles. The van der Waals surface area contributed by atoms with Crippen molar-refractivity contribution in [1.82, 2.24) is 9.78 Å². The number of carboxylic acids is 1. The van der Waals surface area contributed by atoms with E-state index in [-0.39, 0.29) is 18.4 Å². The van der Waals surface area contributed by atoms with Crippen LogP contribution in [0.1, 0.15) is 35.9 Å². The molecular weight excluding hydrogens is 270 g/mol. The summed E-state index contributed by atoms with van der Waals surface area (Å²) in [5, 5.41) is 15.7. The lowest BCUT2D eigenvalue weighted by atomic mass is 10.1. The lowest BCUT2D eigenvalue weighted by molar-refractivity contribution is -0.136. The van der Waals surface area contributed by atoms with Crippen LogP contribution in [0.25, 0.3) is 0 Å². The molecule has 0 aliphatic rings. The highest BCUT2D eigenvalue weighted by Gasteiger charge is 2.11. The molecule has 2 aromatic rings. The summed E-state index contributed by atoms with van der Waals surface area (Å²) < 4.78 is 1.70. The normalized spacial score (nSPS) is 10.6. The van der Waals surface area contributed by atoms with E-state index in [2.05, 4.69) is 10.4 Å². The van der Waals surface area contributed by atoms with E-state index in [4.69, 9.17) is 5.11 Å². The zero-order chi connectivity index (χ0) is 15.4. The van der Waals surface area contributed by atoms with E-state index in [0.29, 0.717) is 16.9 Å². The fourth-order valence-corrected chi connectivity index (χ4v) is 1.88. The van der Waals surface area contributed by atoms with Gasteiger partial charge in [0.1, 0.15) is 0 Å². The number of hydrogen-bond donors (Lipinski definition) is 2. The van der Waals surface area contributed by atoms with Crippen LogP contribution in [0.5, 0.6) is 0 Å². The van der Waals surface area contributed by atoms with Crippen molar-refractivity contribution >= 4 is 17.6 Å². The molecule has 2 rings (SSSR count). The van der Waals surface area contributed by atoms with Crippen LogP contribution in [0.2, 0.25) is 0 Å². The van der Waals surface area contributed by atoms with E-state index in [1.165, 1.54) is 0 Å². The Hall–Kier alpha value is -2.63. The molecule has 0 fully saturated rings. The van der Waals surface area contributed by atoms with E-state index in [9.17, 15) is 9.59 Å². The third-order valence-electron chi connectivity index (χ3n) is 2.91. The van der Waals surface area contributed by atoms with Gasteiger partial charge in [-0.05, 0) is 37.6 Å². The van der Waals surface area contributed by atoms with Crippen LogP contribution < -0.4 is 5.32 Å². The van der Waals surface area contributed by atoms with Crippen LogP contribution in [0.4, 0.5) is 5.69 Å². The number of aromatic nitrogens is 2. The summed E-state index contributed by atoms with van der Waals surface area (Å²) in [5.41, 5.74) is 1.51. The van der Waals surface area contributed by atoms with Crippen LogP contribution in [0.15, 0.2) is 36.5 Å². The van der Waals surface area contributed by atoms with Gasteiger partial charge in [-0.1, -0.05) is 12.1 Å². The highest BCUT2D eigenvalue weighted by atomic mass is 16.4. The number of nitrogens with zero attached hydrogens (tertiary/aromatic N) is 2. The Morgan fingerprint density at radius 1 is 1.33 bits per heavy atom. The smallest absolute Gasteiger partial charge is 0.307 e. The molecule has 0 saturated carbocycles. The minimum absolute atomic E-state index is 0.0777. The summed E-state index contributed by atoms with van der Waals surface area (Å²) in [5.74, 6) is -1.23. The first-order valence-electron chi connectivity index (χ1n) is 6.63. The van der Waals surface area contributed by atoms with Crippen LogP contribution in [-0.4, -0.2) is 26.8 Å². The number of carbonyl (C=O) groups is 2. The van der Waals surface area contributed by atoms with Crippen molar-refractivity contribution in [2.75, 3.05) is 5.32 Å². The van der Waals surface area contributed by atoms with E-state index < -0.39 is 5.97 Å². The molecule has 110 valence electrons. The molecule has 6 heteroatoms. The van der Waals surface area contributed by atoms with Crippen molar-refractivity contribution < 1.29 is 14.7 Å². The van der Waals surface area contributed by atoms with Gasteiger partial charge in [-0.2, -0.15) is 5.10 Å². The van der Waals surface area contributed by atoms with E-state index in [1.54, 1.807) is 41.2 Å². The van der Waals surface area contributed by atoms with Gasteiger partial charge in [0.05, 0.1) is 6.42 Å². The van der Waals surface area contributed by atoms with Gasteiger partial charge in [0.15, 0.2) is 5.69 Å². The van der Waals surface area contributed by atoms with Crippen molar-refractivity contribution in [1.29, 1.82) is 0 Å². The summed E-state index contributed by atoms with van der Waals surface area (Å²) in [6.07, 6.45) is 1.67. The average Bonchev–Trinajstić information content (AvgIpc) is 2.88. The molecule has 0 spiro atoms. The number of anilines is 1. The lowest BCUT2D eigenvalue weighted by Gasteiger charge is -2.06. The Morgan fingerprint density at radius 3 is 2.71 bits per heavy atom.